The van der Waals surface area contributed by atoms with Gasteiger partial charge >= 0.3 is 0 Å². The summed E-state index contributed by atoms with van der Waals surface area (Å²) >= 11 is 5.83. The van der Waals surface area contributed by atoms with Crippen molar-refractivity contribution in [2.24, 2.45) is 5.73 Å². The summed E-state index contributed by atoms with van der Waals surface area (Å²) in [5, 5.41) is 0.0654. The fourth-order valence-corrected chi connectivity index (χ4v) is 3.47. The Kier molecular flexibility index (Phi) is 5.89. The van der Waals surface area contributed by atoms with Crippen LogP contribution in [-0.4, -0.2) is 36.0 Å². The van der Waals surface area contributed by atoms with Crippen molar-refractivity contribution in [1.82, 2.24) is 4.90 Å². The maximum Gasteiger partial charge on any atom is 0.242 e. The van der Waals surface area contributed by atoms with Gasteiger partial charge in [-0.1, -0.05) is 30.5 Å². The Morgan fingerprint density at radius 2 is 2.09 bits per heavy atom. The Hall–Kier alpha value is -0.880. The number of carbonyl (C=O) groups is 1. The van der Waals surface area contributed by atoms with Gasteiger partial charge in [-0.15, -0.1) is 12.4 Å². The van der Waals surface area contributed by atoms with Crippen LogP contribution < -0.4 is 5.73 Å². The van der Waals surface area contributed by atoms with Gasteiger partial charge in [-0.25, -0.2) is 4.39 Å². The minimum atomic E-state index is -0.720. The average Bonchev–Trinajstić information content (AvgIpc) is 2.97. The van der Waals surface area contributed by atoms with Crippen molar-refractivity contribution in [3.63, 3.8) is 0 Å². The number of hydrogen-bond acceptors (Lipinski definition) is 3. The number of carbonyl (C=O) groups excluding carboxylic acids is 1. The summed E-state index contributed by atoms with van der Waals surface area (Å²) < 4.78 is 19.0. The van der Waals surface area contributed by atoms with Gasteiger partial charge in [-0.05, 0) is 30.5 Å². The molecule has 1 aliphatic heterocycles. The molecule has 0 spiro atoms. The van der Waals surface area contributed by atoms with Crippen LogP contribution >= 0.6 is 24.0 Å². The third-order valence-electron chi connectivity index (χ3n) is 4.59. The molecular formula is C16H21Cl2FN2O2. The van der Waals surface area contributed by atoms with Crippen LogP contribution in [0.1, 0.15) is 37.4 Å². The van der Waals surface area contributed by atoms with Crippen molar-refractivity contribution >= 4 is 29.9 Å². The molecule has 3 rings (SSSR count). The minimum Gasteiger partial charge on any atom is -0.370 e. The normalized spacial score (nSPS) is 23.4. The lowest BCUT2D eigenvalue weighted by atomic mass is 9.96. The van der Waals surface area contributed by atoms with Gasteiger partial charge in [0.05, 0.1) is 23.7 Å². The highest BCUT2D eigenvalue weighted by molar-refractivity contribution is 6.30. The lowest BCUT2D eigenvalue weighted by Gasteiger charge is -2.37. The number of rotatable bonds is 2. The lowest BCUT2D eigenvalue weighted by Crippen LogP contribution is -2.56. The first-order valence-corrected chi connectivity index (χ1v) is 8.02. The Labute approximate surface area is 146 Å². The maximum absolute atomic E-state index is 13.3. The van der Waals surface area contributed by atoms with Crippen molar-refractivity contribution in [2.75, 3.05) is 19.7 Å². The lowest BCUT2D eigenvalue weighted by molar-refractivity contribution is -0.144. The fourth-order valence-electron chi connectivity index (χ4n) is 3.28. The predicted molar refractivity (Wildman–Crippen MR) is 89.3 cm³/mol. The molecule has 1 saturated carbocycles. The fraction of sp³-hybridized carbons (Fsp3) is 0.562. The van der Waals surface area contributed by atoms with Gasteiger partial charge in [-0.3, -0.25) is 4.79 Å². The second-order valence-electron chi connectivity index (χ2n) is 6.15. The van der Waals surface area contributed by atoms with Gasteiger partial charge in [0.15, 0.2) is 0 Å². The Morgan fingerprint density at radius 1 is 1.39 bits per heavy atom. The first kappa shape index (κ1) is 18.5. The van der Waals surface area contributed by atoms with Crippen molar-refractivity contribution in [3.8, 4) is 0 Å². The zero-order chi connectivity index (χ0) is 15.7. The maximum atomic E-state index is 13.3. The molecule has 2 fully saturated rings. The summed E-state index contributed by atoms with van der Waals surface area (Å²) in [5.74, 6) is -0.451. The summed E-state index contributed by atoms with van der Waals surface area (Å²) in [6, 6.07) is 4.53. The first-order chi connectivity index (χ1) is 10.5. The smallest absolute Gasteiger partial charge is 0.242 e. The number of morpholine rings is 1. The number of nitrogens with zero attached hydrogens (tertiary/aromatic N) is 1. The third kappa shape index (κ3) is 3.79. The Bertz CT molecular complexity index is 579. The van der Waals surface area contributed by atoms with Gasteiger partial charge in [0.2, 0.25) is 5.91 Å². The van der Waals surface area contributed by atoms with Crippen LogP contribution in [0.4, 0.5) is 4.39 Å². The van der Waals surface area contributed by atoms with Crippen LogP contribution in [0, 0.1) is 5.82 Å². The van der Waals surface area contributed by atoms with Crippen molar-refractivity contribution in [1.29, 1.82) is 0 Å². The van der Waals surface area contributed by atoms with Crippen LogP contribution in [0.25, 0.3) is 0 Å². The van der Waals surface area contributed by atoms with Crippen LogP contribution in [0.3, 0.4) is 0 Å². The van der Waals surface area contributed by atoms with E-state index in [-0.39, 0.29) is 29.4 Å². The molecule has 2 N–H and O–H groups in total. The van der Waals surface area contributed by atoms with Crippen molar-refractivity contribution in [3.05, 3.63) is 34.6 Å². The quantitative estimate of drug-likeness (QED) is 0.879. The SMILES string of the molecule is Cl.NC1(C(=O)N2CCOC(c3ccc(F)c(Cl)c3)C2)CCCC1. The van der Waals surface area contributed by atoms with Crippen LogP contribution in [-0.2, 0) is 9.53 Å². The molecule has 4 nitrogen and oxygen atoms in total. The van der Waals surface area contributed by atoms with E-state index in [0.29, 0.717) is 19.7 Å². The second kappa shape index (κ2) is 7.34. The Balaban J connectivity index is 0.00000192. The number of ether oxygens (including phenoxy) is 1. The highest BCUT2D eigenvalue weighted by Crippen LogP contribution is 2.32. The molecule has 7 heteroatoms. The number of nitrogens with two attached hydrogens (primary N) is 1. The Morgan fingerprint density at radius 3 is 2.74 bits per heavy atom. The van der Waals surface area contributed by atoms with E-state index in [4.69, 9.17) is 22.1 Å². The first-order valence-electron chi connectivity index (χ1n) is 7.64. The minimum absolute atomic E-state index is 0. The second-order valence-corrected chi connectivity index (χ2v) is 6.55. The van der Waals surface area contributed by atoms with Crippen molar-refractivity contribution in [2.45, 2.75) is 37.3 Å². The van der Waals surface area contributed by atoms with E-state index in [0.717, 1.165) is 31.2 Å². The van der Waals surface area contributed by atoms with Crippen LogP contribution in [0.2, 0.25) is 5.02 Å². The molecule has 1 unspecified atom stereocenters. The van der Waals surface area contributed by atoms with Crippen LogP contribution in [0.15, 0.2) is 18.2 Å². The van der Waals surface area contributed by atoms with Gasteiger partial charge in [0, 0.05) is 6.54 Å². The van der Waals surface area contributed by atoms with Gasteiger partial charge in [0.25, 0.3) is 0 Å². The van der Waals surface area contributed by atoms with Crippen molar-refractivity contribution < 1.29 is 13.9 Å². The van der Waals surface area contributed by atoms with E-state index in [2.05, 4.69) is 0 Å². The predicted octanol–water partition coefficient (Wildman–Crippen LogP) is 3.07. The number of amides is 1. The molecule has 0 radical (unpaired) electrons. The standard InChI is InChI=1S/C16H20ClFN2O2.ClH/c17-12-9-11(3-4-13(12)18)14-10-20(7-8-22-14)15(21)16(19)5-1-2-6-16;/h3-4,9,14H,1-2,5-8,10,19H2;1H. The molecular weight excluding hydrogens is 342 g/mol. The monoisotopic (exact) mass is 362 g/mol. The molecule has 1 aliphatic carbocycles. The highest BCUT2D eigenvalue weighted by Gasteiger charge is 2.41. The average molecular weight is 363 g/mol. The molecule has 2 aliphatic rings. The zero-order valence-electron chi connectivity index (χ0n) is 12.8. The molecule has 1 aromatic rings. The number of halogens is 3. The van der Waals surface area contributed by atoms with Gasteiger partial charge < -0.3 is 15.4 Å². The largest absolute Gasteiger partial charge is 0.370 e. The number of hydrogen-bond donors (Lipinski definition) is 1. The summed E-state index contributed by atoms with van der Waals surface area (Å²) in [5.41, 5.74) is 6.32. The molecule has 0 aromatic heterocycles. The van der Waals surface area contributed by atoms with E-state index < -0.39 is 11.4 Å². The summed E-state index contributed by atoms with van der Waals surface area (Å²) in [7, 11) is 0. The highest BCUT2D eigenvalue weighted by atomic mass is 35.5. The molecule has 1 amide bonds. The topological polar surface area (TPSA) is 55.6 Å². The zero-order valence-corrected chi connectivity index (χ0v) is 14.3. The molecule has 128 valence electrons. The summed E-state index contributed by atoms with van der Waals surface area (Å²) in [6.07, 6.45) is 3.21. The summed E-state index contributed by atoms with van der Waals surface area (Å²) in [6.45, 7) is 1.42. The molecule has 1 aromatic carbocycles. The third-order valence-corrected chi connectivity index (χ3v) is 4.88. The summed E-state index contributed by atoms with van der Waals surface area (Å²) in [4.78, 5) is 14.5. The molecule has 1 atom stereocenters. The molecule has 0 bridgehead atoms. The van der Waals surface area contributed by atoms with Gasteiger partial charge in [0.1, 0.15) is 11.9 Å². The van der Waals surface area contributed by atoms with E-state index in [1.165, 1.54) is 6.07 Å². The molecule has 1 saturated heterocycles. The van der Waals surface area contributed by atoms with E-state index in [1.54, 1.807) is 17.0 Å². The van der Waals surface area contributed by atoms with Crippen LogP contribution in [0.5, 0.6) is 0 Å². The molecule has 23 heavy (non-hydrogen) atoms. The van der Waals surface area contributed by atoms with Gasteiger partial charge in [-0.2, -0.15) is 0 Å². The van der Waals surface area contributed by atoms with E-state index in [1.807, 2.05) is 0 Å². The molecule has 1 heterocycles. The van der Waals surface area contributed by atoms with E-state index >= 15 is 0 Å². The van der Waals surface area contributed by atoms with E-state index in [9.17, 15) is 9.18 Å². The number of benzene rings is 1.